The summed E-state index contributed by atoms with van der Waals surface area (Å²) in [5.41, 5.74) is 4.77. The van der Waals surface area contributed by atoms with Crippen LogP contribution in [-0.4, -0.2) is 12.1 Å². The molecule has 0 amide bonds. The molecule has 0 saturated heterocycles. The molecule has 0 unspecified atom stereocenters. The predicted molar refractivity (Wildman–Crippen MR) is 74.8 cm³/mol. The molecule has 3 N–H and O–H groups in total. The Kier molecular flexibility index (Phi) is 3.28. The molecule has 1 aromatic carbocycles. The van der Waals surface area contributed by atoms with Crippen LogP contribution in [0, 0.1) is 22.2 Å². The van der Waals surface area contributed by atoms with Crippen molar-refractivity contribution in [2.45, 2.75) is 39.8 Å². The highest BCUT2D eigenvalue weighted by Crippen LogP contribution is 2.53. The van der Waals surface area contributed by atoms with E-state index in [1.165, 1.54) is 0 Å². The van der Waals surface area contributed by atoms with Gasteiger partial charge in [0.15, 0.2) is 0 Å². The highest BCUT2D eigenvalue weighted by molar-refractivity contribution is 6.31. The normalized spacial score (nSPS) is 27.2. The zero-order chi connectivity index (χ0) is 14.4. The SMILES string of the molecule is CC1(C)C([NH3+])C(C)(C)C1Oc1ccc(C#N)c(Cl)c1. The summed E-state index contributed by atoms with van der Waals surface area (Å²) in [5.74, 6) is 0.710. The van der Waals surface area contributed by atoms with Crippen molar-refractivity contribution in [1.82, 2.24) is 0 Å². The van der Waals surface area contributed by atoms with E-state index in [0.29, 0.717) is 22.4 Å². The lowest BCUT2D eigenvalue weighted by molar-refractivity contribution is -0.519. The van der Waals surface area contributed by atoms with Gasteiger partial charge >= 0.3 is 0 Å². The van der Waals surface area contributed by atoms with Crippen LogP contribution in [-0.2, 0) is 0 Å². The lowest BCUT2D eigenvalue weighted by Gasteiger charge is -2.58. The largest absolute Gasteiger partial charge is 0.489 e. The first kappa shape index (κ1) is 14.2. The van der Waals surface area contributed by atoms with Gasteiger partial charge in [0.05, 0.1) is 21.4 Å². The minimum absolute atomic E-state index is 0.0316. The maximum absolute atomic E-state index is 8.87. The third-order valence-corrected chi connectivity index (χ3v) is 4.78. The van der Waals surface area contributed by atoms with E-state index in [9.17, 15) is 0 Å². The molecule has 2 rings (SSSR count). The van der Waals surface area contributed by atoms with Gasteiger partial charge in [-0.3, -0.25) is 0 Å². The van der Waals surface area contributed by atoms with Crippen molar-refractivity contribution in [3.63, 3.8) is 0 Å². The Morgan fingerprint density at radius 1 is 1.26 bits per heavy atom. The highest BCUT2D eigenvalue weighted by atomic mass is 35.5. The molecule has 0 atom stereocenters. The Morgan fingerprint density at radius 2 is 1.84 bits per heavy atom. The van der Waals surface area contributed by atoms with Gasteiger partial charge in [-0.1, -0.05) is 39.3 Å². The van der Waals surface area contributed by atoms with Crippen molar-refractivity contribution < 1.29 is 10.5 Å². The van der Waals surface area contributed by atoms with Crippen LogP contribution in [0.15, 0.2) is 18.2 Å². The van der Waals surface area contributed by atoms with Crippen molar-refractivity contribution in [2.75, 3.05) is 0 Å². The molecule has 1 fully saturated rings. The number of benzene rings is 1. The van der Waals surface area contributed by atoms with Gasteiger partial charge in [-0.25, -0.2) is 0 Å². The smallest absolute Gasteiger partial charge is 0.121 e. The fraction of sp³-hybridized carbons (Fsp3) is 0.533. The molecular formula is C15H20ClN2O+. The van der Waals surface area contributed by atoms with E-state index in [0.717, 1.165) is 0 Å². The molecule has 102 valence electrons. The summed E-state index contributed by atoms with van der Waals surface area (Å²) >= 11 is 6.03. The average molecular weight is 280 g/mol. The summed E-state index contributed by atoms with van der Waals surface area (Å²) in [6, 6.07) is 7.59. The highest BCUT2D eigenvalue weighted by Gasteiger charge is 2.65. The monoisotopic (exact) mass is 279 g/mol. The van der Waals surface area contributed by atoms with E-state index >= 15 is 0 Å². The molecule has 0 aromatic heterocycles. The average Bonchev–Trinajstić information content (AvgIpc) is 2.34. The van der Waals surface area contributed by atoms with Crippen molar-refractivity contribution in [3.05, 3.63) is 28.8 Å². The van der Waals surface area contributed by atoms with Crippen molar-refractivity contribution in [3.8, 4) is 11.8 Å². The fourth-order valence-corrected chi connectivity index (χ4v) is 3.50. The van der Waals surface area contributed by atoms with Gasteiger partial charge in [-0.2, -0.15) is 5.26 Å². The Labute approximate surface area is 119 Å². The molecular weight excluding hydrogens is 260 g/mol. The summed E-state index contributed by atoms with van der Waals surface area (Å²) in [5, 5.41) is 9.30. The minimum atomic E-state index is 0.0316. The zero-order valence-corrected chi connectivity index (χ0v) is 12.6. The Hall–Kier alpha value is -1.24. The maximum atomic E-state index is 8.87. The summed E-state index contributed by atoms with van der Waals surface area (Å²) in [4.78, 5) is 0. The molecule has 4 heteroatoms. The van der Waals surface area contributed by atoms with Crippen molar-refractivity contribution >= 4 is 11.6 Å². The van der Waals surface area contributed by atoms with E-state index in [2.05, 4.69) is 33.4 Å². The zero-order valence-electron chi connectivity index (χ0n) is 11.8. The molecule has 0 aliphatic heterocycles. The van der Waals surface area contributed by atoms with E-state index in [1.807, 2.05) is 6.07 Å². The Balaban J connectivity index is 2.23. The lowest BCUT2D eigenvalue weighted by atomic mass is 9.50. The van der Waals surface area contributed by atoms with Gasteiger partial charge in [-0.05, 0) is 12.1 Å². The number of hydrogen-bond donors (Lipinski definition) is 1. The number of ether oxygens (including phenoxy) is 1. The summed E-state index contributed by atoms with van der Waals surface area (Å²) in [7, 11) is 0. The lowest BCUT2D eigenvalue weighted by Crippen LogP contribution is -2.86. The maximum Gasteiger partial charge on any atom is 0.121 e. The van der Waals surface area contributed by atoms with Gasteiger partial charge in [0, 0.05) is 6.07 Å². The van der Waals surface area contributed by atoms with E-state index in [4.69, 9.17) is 21.6 Å². The van der Waals surface area contributed by atoms with Crippen LogP contribution in [0.5, 0.6) is 5.75 Å². The predicted octanol–water partition coefficient (Wildman–Crippen LogP) is 2.64. The Morgan fingerprint density at radius 3 is 2.32 bits per heavy atom. The van der Waals surface area contributed by atoms with Crippen LogP contribution in [0.4, 0.5) is 0 Å². The van der Waals surface area contributed by atoms with Crippen LogP contribution in [0.1, 0.15) is 33.3 Å². The molecule has 1 aliphatic rings. The topological polar surface area (TPSA) is 60.7 Å². The van der Waals surface area contributed by atoms with E-state index in [1.54, 1.807) is 18.2 Å². The minimum Gasteiger partial charge on any atom is -0.489 e. The first-order chi connectivity index (χ1) is 8.71. The molecule has 3 nitrogen and oxygen atoms in total. The van der Waals surface area contributed by atoms with Crippen LogP contribution in [0.3, 0.4) is 0 Å². The number of quaternary nitrogens is 1. The number of hydrogen-bond acceptors (Lipinski definition) is 2. The van der Waals surface area contributed by atoms with Crippen molar-refractivity contribution in [1.29, 1.82) is 5.26 Å². The molecule has 0 bridgehead atoms. The van der Waals surface area contributed by atoms with Gasteiger partial charge in [0.1, 0.15) is 24.0 Å². The standard InChI is InChI=1S/C15H19ClN2O/c1-14(2)12(18)15(3,4)13(14)19-10-6-5-9(8-17)11(16)7-10/h5-7,12-13H,18H2,1-4H3/p+1. The van der Waals surface area contributed by atoms with Crippen LogP contribution in [0.25, 0.3) is 0 Å². The fourth-order valence-electron chi connectivity index (χ4n) is 3.29. The van der Waals surface area contributed by atoms with Gasteiger partial charge in [0.2, 0.25) is 0 Å². The molecule has 0 radical (unpaired) electrons. The second-order valence-corrected chi connectivity index (χ2v) is 6.85. The number of halogens is 1. The third-order valence-electron chi connectivity index (χ3n) is 4.46. The second-order valence-electron chi connectivity index (χ2n) is 6.45. The summed E-state index contributed by atoms with van der Waals surface area (Å²) < 4.78 is 6.10. The first-order valence-electron chi connectivity index (χ1n) is 6.40. The Bertz CT molecular complexity index is 530. The van der Waals surface area contributed by atoms with Crippen molar-refractivity contribution in [2.24, 2.45) is 10.8 Å². The number of rotatable bonds is 2. The molecule has 0 heterocycles. The first-order valence-corrected chi connectivity index (χ1v) is 6.78. The van der Waals surface area contributed by atoms with Gasteiger partial charge in [-0.15, -0.1) is 0 Å². The molecule has 1 aromatic rings. The molecule has 1 aliphatic carbocycles. The van der Waals surface area contributed by atoms with Crippen LogP contribution in [0.2, 0.25) is 5.02 Å². The van der Waals surface area contributed by atoms with E-state index < -0.39 is 0 Å². The van der Waals surface area contributed by atoms with Gasteiger partial charge < -0.3 is 10.5 Å². The molecule has 1 saturated carbocycles. The summed E-state index contributed by atoms with van der Waals surface area (Å²) in [6.45, 7) is 8.69. The number of nitrogens with zero attached hydrogens (tertiary/aromatic N) is 1. The molecule has 0 spiro atoms. The second kappa shape index (κ2) is 4.40. The quantitative estimate of drug-likeness (QED) is 0.905. The van der Waals surface area contributed by atoms with Crippen LogP contribution < -0.4 is 10.5 Å². The molecule has 19 heavy (non-hydrogen) atoms. The van der Waals surface area contributed by atoms with E-state index in [-0.39, 0.29) is 16.9 Å². The van der Waals surface area contributed by atoms with Crippen LogP contribution >= 0.6 is 11.6 Å². The summed E-state index contributed by atoms with van der Waals surface area (Å²) in [6.07, 6.45) is 0.0894. The van der Waals surface area contributed by atoms with Gasteiger partial charge in [0.25, 0.3) is 0 Å². The third kappa shape index (κ3) is 2.09. The number of nitriles is 1.